The fourth-order valence-corrected chi connectivity index (χ4v) is 1.94. The monoisotopic (exact) mass is 264 g/mol. The molecule has 2 heterocycles. The van der Waals surface area contributed by atoms with Crippen molar-refractivity contribution in [3.8, 4) is 5.95 Å². The van der Waals surface area contributed by atoms with Crippen LogP contribution in [0.2, 0.25) is 0 Å². The molecule has 0 aliphatic rings. The van der Waals surface area contributed by atoms with Crippen LogP contribution in [0.1, 0.15) is 11.1 Å². The molecule has 20 heavy (non-hydrogen) atoms. The van der Waals surface area contributed by atoms with Gasteiger partial charge in [-0.2, -0.15) is 9.78 Å². The van der Waals surface area contributed by atoms with Crippen molar-refractivity contribution in [2.24, 2.45) is 0 Å². The van der Waals surface area contributed by atoms with E-state index in [9.17, 15) is 4.79 Å². The molecular formula is C15H12N4O. The van der Waals surface area contributed by atoms with Crippen LogP contribution in [0, 0.1) is 0 Å². The van der Waals surface area contributed by atoms with Crippen molar-refractivity contribution in [1.82, 2.24) is 19.7 Å². The molecule has 0 N–H and O–H groups in total. The van der Waals surface area contributed by atoms with Crippen molar-refractivity contribution >= 4 is 0 Å². The van der Waals surface area contributed by atoms with E-state index in [1.807, 2.05) is 30.3 Å². The van der Waals surface area contributed by atoms with Gasteiger partial charge in [0.1, 0.15) is 0 Å². The number of hydrogen-bond acceptors (Lipinski definition) is 4. The van der Waals surface area contributed by atoms with E-state index in [0.717, 1.165) is 5.56 Å². The summed E-state index contributed by atoms with van der Waals surface area (Å²) in [5, 5.41) is 4.03. The van der Waals surface area contributed by atoms with Crippen LogP contribution in [0.4, 0.5) is 0 Å². The highest BCUT2D eigenvalue weighted by Gasteiger charge is 2.08. The third-order valence-electron chi connectivity index (χ3n) is 2.90. The van der Waals surface area contributed by atoms with Gasteiger partial charge >= 0.3 is 0 Å². The van der Waals surface area contributed by atoms with Crippen LogP contribution in [0.15, 0.2) is 65.8 Å². The number of benzene rings is 1. The molecule has 5 nitrogen and oxygen atoms in total. The van der Waals surface area contributed by atoms with E-state index in [-0.39, 0.29) is 11.5 Å². The van der Waals surface area contributed by atoms with Gasteiger partial charge in [0, 0.05) is 30.6 Å². The van der Waals surface area contributed by atoms with Gasteiger partial charge in [0.05, 0.1) is 0 Å². The van der Waals surface area contributed by atoms with E-state index >= 15 is 0 Å². The molecule has 1 aromatic carbocycles. The molecule has 5 heteroatoms. The Morgan fingerprint density at radius 1 is 0.900 bits per heavy atom. The zero-order valence-electron chi connectivity index (χ0n) is 10.7. The molecular weight excluding hydrogens is 252 g/mol. The fraction of sp³-hybridized carbons (Fsp3) is 0.0667. The maximum absolute atomic E-state index is 12.4. The van der Waals surface area contributed by atoms with Crippen LogP contribution >= 0.6 is 0 Å². The van der Waals surface area contributed by atoms with Gasteiger partial charge in [-0.05, 0) is 17.7 Å². The topological polar surface area (TPSA) is 60.7 Å². The molecule has 2 aromatic heterocycles. The molecule has 3 aromatic rings. The van der Waals surface area contributed by atoms with Crippen LogP contribution in [0.5, 0.6) is 0 Å². The molecule has 0 aliphatic heterocycles. The van der Waals surface area contributed by atoms with E-state index < -0.39 is 0 Å². The predicted octanol–water partition coefficient (Wildman–Crippen LogP) is 1.61. The molecule has 0 unspecified atom stereocenters. The summed E-state index contributed by atoms with van der Waals surface area (Å²) in [7, 11) is 0. The molecule has 0 radical (unpaired) electrons. The van der Waals surface area contributed by atoms with Crippen LogP contribution < -0.4 is 5.56 Å². The molecule has 0 amide bonds. The van der Waals surface area contributed by atoms with Gasteiger partial charge in [-0.3, -0.25) is 4.79 Å². The smallest absolute Gasteiger partial charge is 0.267 e. The van der Waals surface area contributed by atoms with Gasteiger partial charge in [-0.15, -0.1) is 0 Å². The number of hydrogen-bond donors (Lipinski definition) is 0. The Bertz CT molecular complexity index is 754. The van der Waals surface area contributed by atoms with Crippen molar-refractivity contribution in [1.29, 1.82) is 0 Å². The van der Waals surface area contributed by atoms with E-state index in [0.29, 0.717) is 12.0 Å². The lowest BCUT2D eigenvalue weighted by Crippen LogP contribution is -2.25. The first-order valence-corrected chi connectivity index (χ1v) is 6.23. The Hall–Kier alpha value is -2.82. The maximum Gasteiger partial charge on any atom is 0.277 e. The average molecular weight is 264 g/mol. The van der Waals surface area contributed by atoms with Crippen molar-refractivity contribution < 1.29 is 0 Å². The highest BCUT2D eigenvalue weighted by atomic mass is 16.1. The van der Waals surface area contributed by atoms with Gasteiger partial charge in [-0.1, -0.05) is 30.3 Å². The van der Waals surface area contributed by atoms with Crippen molar-refractivity contribution in [2.45, 2.75) is 6.42 Å². The first-order chi connectivity index (χ1) is 9.84. The summed E-state index contributed by atoms with van der Waals surface area (Å²) < 4.78 is 1.22. The van der Waals surface area contributed by atoms with Gasteiger partial charge in [0.2, 0.25) is 0 Å². The first-order valence-electron chi connectivity index (χ1n) is 6.23. The average Bonchev–Trinajstić information content (AvgIpc) is 2.51. The van der Waals surface area contributed by atoms with Crippen LogP contribution in [-0.2, 0) is 6.42 Å². The lowest BCUT2D eigenvalue weighted by Gasteiger charge is -2.05. The highest BCUT2D eigenvalue weighted by molar-refractivity contribution is 5.24. The summed E-state index contributed by atoms with van der Waals surface area (Å²) in [4.78, 5) is 20.5. The highest BCUT2D eigenvalue weighted by Crippen LogP contribution is 2.05. The lowest BCUT2D eigenvalue weighted by molar-refractivity contribution is 0.739. The van der Waals surface area contributed by atoms with E-state index in [4.69, 9.17) is 0 Å². The molecule has 0 bridgehead atoms. The maximum atomic E-state index is 12.4. The standard InChI is InChI=1S/C15H12N4O/c20-14-13(11-12-5-2-1-3-6-12)7-10-18-19(14)15-16-8-4-9-17-15/h1-10H,11H2. The summed E-state index contributed by atoms with van der Waals surface area (Å²) in [6, 6.07) is 13.3. The fourth-order valence-electron chi connectivity index (χ4n) is 1.94. The molecule has 3 rings (SSSR count). The predicted molar refractivity (Wildman–Crippen MR) is 74.7 cm³/mol. The molecule has 0 fully saturated rings. The minimum Gasteiger partial charge on any atom is -0.267 e. The van der Waals surface area contributed by atoms with Gasteiger partial charge in [0.25, 0.3) is 11.5 Å². The number of aromatic nitrogens is 4. The third-order valence-corrected chi connectivity index (χ3v) is 2.90. The first kappa shape index (κ1) is 12.2. The van der Waals surface area contributed by atoms with Crippen LogP contribution in [-0.4, -0.2) is 19.7 Å². The summed E-state index contributed by atoms with van der Waals surface area (Å²) in [5.74, 6) is 0.285. The van der Waals surface area contributed by atoms with Crippen molar-refractivity contribution in [3.05, 3.63) is 82.5 Å². The lowest BCUT2D eigenvalue weighted by atomic mass is 10.1. The molecule has 0 saturated heterocycles. The van der Waals surface area contributed by atoms with Crippen LogP contribution in [0.3, 0.4) is 0 Å². The van der Waals surface area contributed by atoms with Gasteiger partial charge < -0.3 is 0 Å². The van der Waals surface area contributed by atoms with Crippen molar-refractivity contribution in [3.63, 3.8) is 0 Å². The van der Waals surface area contributed by atoms with Gasteiger partial charge in [-0.25, -0.2) is 9.97 Å². The summed E-state index contributed by atoms with van der Waals surface area (Å²) in [6.07, 6.45) is 5.33. The van der Waals surface area contributed by atoms with E-state index in [1.165, 1.54) is 4.68 Å². The third kappa shape index (κ3) is 2.47. The SMILES string of the molecule is O=c1c(Cc2ccccc2)ccnn1-c1ncccn1. The quantitative estimate of drug-likeness (QED) is 0.721. The number of rotatable bonds is 3. The Morgan fingerprint density at radius 2 is 1.65 bits per heavy atom. The Balaban J connectivity index is 2.00. The summed E-state index contributed by atoms with van der Waals surface area (Å²) in [6.45, 7) is 0. The van der Waals surface area contributed by atoms with Gasteiger partial charge in [0.15, 0.2) is 0 Å². The molecule has 0 atom stereocenters. The Kier molecular flexibility index (Phi) is 3.33. The Labute approximate surface area is 115 Å². The molecule has 0 saturated carbocycles. The molecule has 0 aliphatic carbocycles. The Morgan fingerprint density at radius 3 is 2.40 bits per heavy atom. The molecule has 98 valence electrons. The second-order valence-corrected chi connectivity index (χ2v) is 4.28. The normalized spacial score (nSPS) is 10.4. The minimum atomic E-state index is -0.192. The summed E-state index contributed by atoms with van der Waals surface area (Å²) >= 11 is 0. The summed E-state index contributed by atoms with van der Waals surface area (Å²) in [5.41, 5.74) is 1.55. The van der Waals surface area contributed by atoms with E-state index in [1.54, 1.807) is 30.7 Å². The number of nitrogens with zero attached hydrogens (tertiary/aromatic N) is 4. The van der Waals surface area contributed by atoms with Crippen LogP contribution in [0.25, 0.3) is 5.95 Å². The molecule has 0 spiro atoms. The largest absolute Gasteiger partial charge is 0.277 e. The van der Waals surface area contributed by atoms with E-state index in [2.05, 4.69) is 15.1 Å². The zero-order valence-corrected chi connectivity index (χ0v) is 10.7. The zero-order chi connectivity index (χ0) is 13.8. The second kappa shape index (κ2) is 5.44. The minimum absolute atomic E-state index is 0.192. The second-order valence-electron chi connectivity index (χ2n) is 4.28. The van der Waals surface area contributed by atoms with Crippen molar-refractivity contribution in [2.75, 3.05) is 0 Å².